The van der Waals surface area contributed by atoms with E-state index in [9.17, 15) is 13.2 Å². The molecule has 2 aliphatic heterocycles. The monoisotopic (exact) mass is 499 g/mol. The Morgan fingerprint density at radius 3 is 2.31 bits per heavy atom. The summed E-state index contributed by atoms with van der Waals surface area (Å²) in [5, 5.41) is 4.39. The largest absolute Gasteiger partial charge is 0.336 e. The molecule has 0 aliphatic carbocycles. The molecule has 2 aliphatic rings. The number of hydrogen-bond acceptors (Lipinski definition) is 5. The first-order valence-corrected chi connectivity index (χ1v) is 12.9. The number of halogens is 2. The van der Waals surface area contributed by atoms with Crippen molar-refractivity contribution in [2.24, 2.45) is 7.05 Å². The van der Waals surface area contributed by atoms with Gasteiger partial charge in [0.25, 0.3) is 5.91 Å². The molecule has 8 nitrogen and oxygen atoms in total. The Bertz CT molecular complexity index is 1090. The first kappa shape index (κ1) is 23.5. The Balaban J connectivity index is 1.48. The Morgan fingerprint density at radius 2 is 1.69 bits per heavy atom. The van der Waals surface area contributed by atoms with Gasteiger partial charge in [-0.05, 0) is 25.0 Å². The zero-order valence-corrected chi connectivity index (χ0v) is 20.3. The summed E-state index contributed by atoms with van der Waals surface area (Å²) in [5.41, 5.74) is 1.30. The highest BCUT2D eigenvalue weighted by atomic mass is 35.5. The number of carbonyl (C=O) groups is 1. The minimum Gasteiger partial charge on any atom is -0.336 e. The molecule has 2 saturated heterocycles. The van der Waals surface area contributed by atoms with E-state index in [0.717, 1.165) is 31.4 Å². The van der Waals surface area contributed by atoms with Gasteiger partial charge in [0.2, 0.25) is 10.0 Å². The lowest BCUT2D eigenvalue weighted by molar-refractivity contribution is 0.0628. The van der Waals surface area contributed by atoms with Gasteiger partial charge >= 0.3 is 0 Å². The number of carbonyl (C=O) groups excluding carboxylic acids is 1. The molecule has 32 heavy (non-hydrogen) atoms. The summed E-state index contributed by atoms with van der Waals surface area (Å²) in [6, 6.07) is 2.71. The van der Waals surface area contributed by atoms with Crippen LogP contribution in [0.4, 0.5) is 0 Å². The predicted molar refractivity (Wildman–Crippen MR) is 123 cm³/mol. The summed E-state index contributed by atoms with van der Waals surface area (Å²) in [6.45, 7) is 4.19. The van der Waals surface area contributed by atoms with Crippen molar-refractivity contribution in [3.8, 4) is 0 Å². The van der Waals surface area contributed by atoms with Gasteiger partial charge in [0.05, 0.1) is 21.8 Å². The zero-order chi connectivity index (χ0) is 22.9. The van der Waals surface area contributed by atoms with Gasteiger partial charge < -0.3 is 4.90 Å². The van der Waals surface area contributed by atoms with Gasteiger partial charge in [-0.1, -0.05) is 29.6 Å². The van der Waals surface area contributed by atoms with E-state index in [1.165, 1.54) is 16.4 Å². The van der Waals surface area contributed by atoms with Crippen molar-refractivity contribution >= 4 is 39.1 Å². The van der Waals surface area contributed by atoms with E-state index >= 15 is 0 Å². The second-order valence-corrected chi connectivity index (χ2v) is 11.0. The topological polar surface area (TPSA) is 78.8 Å². The van der Waals surface area contributed by atoms with E-state index in [-0.39, 0.29) is 26.4 Å². The van der Waals surface area contributed by atoms with Crippen molar-refractivity contribution in [1.82, 2.24) is 23.9 Å². The molecule has 3 heterocycles. The third-order valence-corrected chi connectivity index (χ3v) is 8.68. The minimum atomic E-state index is -3.78. The highest BCUT2D eigenvalue weighted by molar-refractivity contribution is 7.89. The molecule has 0 atom stereocenters. The van der Waals surface area contributed by atoms with E-state index in [1.807, 2.05) is 19.4 Å². The summed E-state index contributed by atoms with van der Waals surface area (Å²) in [7, 11) is -1.90. The molecule has 174 valence electrons. The highest BCUT2D eigenvalue weighted by Crippen LogP contribution is 2.32. The van der Waals surface area contributed by atoms with Gasteiger partial charge in [-0.2, -0.15) is 9.40 Å². The van der Waals surface area contributed by atoms with Crippen molar-refractivity contribution in [3.63, 3.8) is 0 Å². The summed E-state index contributed by atoms with van der Waals surface area (Å²) >= 11 is 12.6. The third kappa shape index (κ3) is 4.97. The molecule has 0 unspecified atom stereocenters. The molecule has 1 amide bonds. The van der Waals surface area contributed by atoms with Gasteiger partial charge in [-0.25, -0.2) is 8.42 Å². The van der Waals surface area contributed by atoms with Crippen LogP contribution in [0.2, 0.25) is 10.0 Å². The van der Waals surface area contributed by atoms with E-state index in [0.29, 0.717) is 39.3 Å². The molecule has 1 aromatic carbocycles. The lowest BCUT2D eigenvalue weighted by Crippen LogP contribution is -2.48. The number of nitrogens with zero attached hydrogens (tertiary/aromatic N) is 5. The fraction of sp³-hybridized carbons (Fsp3) is 0.524. The molecule has 0 spiro atoms. The van der Waals surface area contributed by atoms with Crippen LogP contribution in [0.1, 0.15) is 35.2 Å². The summed E-state index contributed by atoms with van der Waals surface area (Å²) in [6.07, 6.45) is 6.47. The Hall–Kier alpha value is -1.65. The van der Waals surface area contributed by atoms with Crippen molar-refractivity contribution in [2.75, 3.05) is 39.3 Å². The Morgan fingerprint density at radius 1 is 1.00 bits per heavy atom. The Kier molecular flexibility index (Phi) is 7.11. The van der Waals surface area contributed by atoms with Gasteiger partial charge in [-0.15, -0.1) is 0 Å². The molecule has 1 aromatic heterocycles. The van der Waals surface area contributed by atoms with Crippen molar-refractivity contribution in [2.45, 2.75) is 30.7 Å². The van der Waals surface area contributed by atoms with Crippen LogP contribution in [-0.4, -0.2) is 77.5 Å². The van der Waals surface area contributed by atoms with Crippen LogP contribution in [0, 0.1) is 0 Å². The van der Waals surface area contributed by atoms with E-state index in [4.69, 9.17) is 23.2 Å². The van der Waals surface area contributed by atoms with Crippen LogP contribution >= 0.6 is 23.2 Å². The molecular formula is C21H27Cl2N5O3S. The fourth-order valence-corrected chi connectivity index (χ4v) is 6.57. The van der Waals surface area contributed by atoms with E-state index < -0.39 is 10.0 Å². The average molecular weight is 500 g/mol. The first-order valence-electron chi connectivity index (χ1n) is 10.7. The molecule has 0 bridgehead atoms. The smallest absolute Gasteiger partial charge is 0.255 e. The van der Waals surface area contributed by atoms with Crippen LogP contribution in [0.15, 0.2) is 29.4 Å². The number of sulfonamides is 1. The number of amides is 1. The van der Waals surface area contributed by atoms with Gasteiger partial charge in [0.1, 0.15) is 4.90 Å². The number of aromatic nitrogens is 2. The van der Waals surface area contributed by atoms with Crippen molar-refractivity contribution in [3.05, 3.63) is 45.7 Å². The van der Waals surface area contributed by atoms with E-state index in [2.05, 4.69) is 10.00 Å². The van der Waals surface area contributed by atoms with Crippen molar-refractivity contribution in [1.29, 1.82) is 0 Å². The highest BCUT2D eigenvalue weighted by Gasteiger charge is 2.31. The van der Waals surface area contributed by atoms with Crippen LogP contribution in [0.3, 0.4) is 0 Å². The fourth-order valence-electron chi connectivity index (χ4n) is 4.23. The molecule has 4 rings (SSSR count). The number of piperidine rings is 1. The summed E-state index contributed by atoms with van der Waals surface area (Å²) in [5.74, 6) is -0.275. The Labute approximate surface area is 198 Å². The minimum absolute atomic E-state index is 0.0402. The number of piperazine rings is 1. The molecule has 11 heteroatoms. The van der Waals surface area contributed by atoms with Gasteiger partial charge in [0.15, 0.2) is 0 Å². The maximum Gasteiger partial charge on any atom is 0.255 e. The average Bonchev–Trinajstić information content (AvgIpc) is 3.19. The molecule has 2 aromatic rings. The third-order valence-electron chi connectivity index (χ3n) is 6.01. The maximum absolute atomic E-state index is 13.2. The molecule has 0 N–H and O–H groups in total. The number of hydrogen-bond donors (Lipinski definition) is 0. The zero-order valence-electron chi connectivity index (χ0n) is 18.0. The predicted octanol–water partition coefficient (Wildman–Crippen LogP) is 2.86. The van der Waals surface area contributed by atoms with Crippen LogP contribution < -0.4 is 0 Å². The van der Waals surface area contributed by atoms with Gasteiger partial charge in [0, 0.05) is 64.6 Å². The molecular weight excluding hydrogens is 473 g/mol. The second kappa shape index (κ2) is 9.69. The lowest BCUT2D eigenvalue weighted by Gasteiger charge is -2.34. The number of benzene rings is 1. The van der Waals surface area contributed by atoms with Crippen LogP contribution in [0.5, 0.6) is 0 Å². The number of aryl methyl sites for hydroxylation is 1. The second-order valence-electron chi connectivity index (χ2n) is 8.32. The van der Waals surface area contributed by atoms with Crippen LogP contribution in [0.25, 0.3) is 0 Å². The number of rotatable bonds is 5. The quantitative estimate of drug-likeness (QED) is 0.631. The van der Waals surface area contributed by atoms with Crippen molar-refractivity contribution < 1.29 is 13.2 Å². The first-order chi connectivity index (χ1) is 15.3. The molecule has 0 radical (unpaired) electrons. The van der Waals surface area contributed by atoms with Gasteiger partial charge in [-0.3, -0.25) is 14.4 Å². The standard InChI is InChI=1S/C21H27Cl2N5O3S/c1-25-14-16(13-24-25)15-26-7-9-27(10-8-26)21(29)17-11-20(19(23)12-18(17)22)32(30,31)28-5-3-2-4-6-28/h11-14H,2-10,15H2,1H3. The maximum atomic E-state index is 13.2. The molecule has 0 saturated carbocycles. The normalized spacial score (nSPS) is 18.8. The summed E-state index contributed by atoms with van der Waals surface area (Å²) < 4.78 is 29.5. The van der Waals surface area contributed by atoms with Crippen LogP contribution in [-0.2, 0) is 23.6 Å². The SMILES string of the molecule is Cn1cc(CN2CCN(C(=O)c3cc(S(=O)(=O)N4CCCCC4)c(Cl)cc3Cl)CC2)cn1. The van der Waals surface area contributed by atoms with E-state index in [1.54, 1.807) is 9.58 Å². The summed E-state index contributed by atoms with van der Waals surface area (Å²) in [4.78, 5) is 17.1. The molecule has 2 fully saturated rings. The lowest BCUT2D eigenvalue weighted by atomic mass is 10.1.